The van der Waals surface area contributed by atoms with Crippen LogP contribution in [0.3, 0.4) is 0 Å². The molecule has 0 saturated carbocycles. The van der Waals surface area contributed by atoms with Gasteiger partial charge in [-0.25, -0.2) is 12.8 Å². The number of sulfonamides is 1. The molecular weight excluding hydrogens is 349 g/mol. The predicted octanol–water partition coefficient (Wildman–Crippen LogP) is 2.66. The smallest absolute Gasteiger partial charge is 0.252 e. The van der Waals surface area contributed by atoms with Gasteiger partial charge in [-0.3, -0.25) is 0 Å². The fraction of sp³-hybridized carbons (Fsp3) is 0.500. The van der Waals surface area contributed by atoms with Crippen molar-refractivity contribution in [1.29, 1.82) is 0 Å². The van der Waals surface area contributed by atoms with Crippen molar-refractivity contribution in [1.82, 2.24) is 14.4 Å². The molecule has 0 radical (unpaired) electrons. The molecule has 0 unspecified atom stereocenters. The first-order valence-corrected chi connectivity index (χ1v) is 9.56. The molecule has 25 heavy (non-hydrogen) atoms. The van der Waals surface area contributed by atoms with Crippen LogP contribution in [-0.4, -0.2) is 36.5 Å². The van der Waals surface area contributed by atoms with E-state index in [0.717, 1.165) is 18.9 Å². The van der Waals surface area contributed by atoms with E-state index < -0.39 is 21.9 Å². The van der Waals surface area contributed by atoms with E-state index in [2.05, 4.69) is 10.1 Å². The van der Waals surface area contributed by atoms with Crippen molar-refractivity contribution in [3.8, 4) is 0 Å². The summed E-state index contributed by atoms with van der Waals surface area (Å²) in [5.41, 5.74) is 0. The SMILES string of the molecule is COCc1nc([C@H]2CCCCCN2S(=O)(=O)c2ccccc2F)no1. The number of halogens is 1. The molecule has 0 aliphatic carbocycles. The zero-order valence-corrected chi connectivity index (χ0v) is 14.7. The summed E-state index contributed by atoms with van der Waals surface area (Å²) in [6.07, 6.45) is 2.98. The average Bonchev–Trinajstić information content (AvgIpc) is 2.90. The van der Waals surface area contributed by atoms with E-state index in [-0.39, 0.29) is 29.8 Å². The van der Waals surface area contributed by atoms with Crippen LogP contribution >= 0.6 is 0 Å². The molecule has 1 fully saturated rings. The normalized spacial score (nSPS) is 19.7. The highest BCUT2D eigenvalue weighted by Gasteiger charge is 2.37. The van der Waals surface area contributed by atoms with Crippen LogP contribution in [0.4, 0.5) is 4.39 Å². The summed E-state index contributed by atoms with van der Waals surface area (Å²) in [6.45, 7) is 0.440. The second kappa shape index (κ2) is 7.59. The number of benzene rings is 1. The highest BCUT2D eigenvalue weighted by Crippen LogP contribution is 2.34. The van der Waals surface area contributed by atoms with Crippen LogP contribution in [0.5, 0.6) is 0 Å². The molecule has 2 aromatic rings. The van der Waals surface area contributed by atoms with E-state index in [1.165, 1.54) is 29.6 Å². The molecule has 0 N–H and O–H groups in total. The van der Waals surface area contributed by atoms with Crippen LogP contribution in [0.25, 0.3) is 0 Å². The molecule has 1 aromatic heterocycles. The summed E-state index contributed by atoms with van der Waals surface area (Å²) in [6, 6.07) is 4.81. The maximum absolute atomic E-state index is 14.1. The van der Waals surface area contributed by atoms with Gasteiger partial charge in [-0.05, 0) is 25.0 Å². The molecule has 0 bridgehead atoms. The van der Waals surface area contributed by atoms with Crippen LogP contribution in [0.2, 0.25) is 0 Å². The number of aromatic nitrogens is 2. The van der Waals surface area contributed by atoms with Gasteiger partial charge >= 0.3 is 0 Å². The summed E-state index contributed by atoms with van der Waals surface area (Å²) in [5.74, 6) is -0.197. The molecule has 9 heteroatoms. The highest BCUT2D eigenvalue weighted by molar-refractivity contribution is 7.89. The van der Waals surface area contributed by atoms with Crippen molar-refractivity contribution >= 4 is 10.0 Å². The van der Waals surface area contributed by atoms with Gasteiger partial charge in [0.15, 0.2) is 5.82 Å². The van der Waals surface area contributed by atoms with Crippen molar-refractivity contribution in [2.75, 3.05) is 13.7 Å². The first kappa shape index (κ1) is 18.0. The third-order valence-electron chi connectivity index (χ3n) is 4.18. The maximum atomic E-state index is 14.1. The van der Waals surface area contributed by atoms with Gasteiger partial charge in [0, 0.05) is 13.7 Å². The van der Waals surface area contributed by atoms with E-state index in [9.17, 15) is 12.8 Å². The van der Waals surface area contributed by atoms with Gasteiger partial charge in [0.05, 0.1) is 6.04 Å². The van der Waals surface area contributed by atoms with Crippen LogP contribution in [0, 0.1) is 5.82 Å². The summed E-state index contributed by atoms with van der Waals surface area (Å²) < 4.78 is 51.6. The van der Waals surface area contributed by atoms with Crippen molar-refractivity contribution in [3.05, 3.63) is 41.8 Å². The summed E-state index contributed by atoms with van der Waals surface area (Å²) in [7, 11) is -2.51. The topological polar surface area (TPSA) is 85.5 Å². The summed E-state index contributed by atoms with van der Waals surface area (Å²) >= 11 is 0. The molecule has 1 aliphatic rings. The van der Waals surface area contributed by atoms with Gasteiger partial charge in [0.25, 0.3) is 5.89 Å². The Morgan fingerprint density at radius 1 is 1.32 bits per heavy atom. The van der Waals surface area contributed by atoms with Crippen LogP contribution in [0.15, 0.2) is 33.7 Å². The van der Waals surface area contributed by atoms with E-state index in [1.54, 1.807) is 0 Å². The molecule has 1 aliphatic heterocycles. The Bertz CT molecular complexity index is 824. The summed E-state index contributed by atoms with van der Waals surface area (Å²) in [4.78, 5) is 3.91. The second-order valence-corrected chi connectivity index (χ2v) is 7.75. The fourth-order valence-electron chi connectivity index (χ4n) is 2.99. The minimum absolute atomic E-state index is 0.153. The van der Waals surface area contributed by atoms with Gasteiger partial charge in [-0.2, -0.15) is 9.29 Å². The second-order valence-electron chi connectivity index (χ2n) is 5.89. The number of methoxy groups -OCH3 is 1. The molecule has 1 saturated heterocycles. The number of rotatable bonds is 5. The Balaban J connectivity index is 1.99. The third kappa shape index (κ3) is 3.73. The lowest BCUT2D eigenvalue weighted by Gasteiger charge is -2.27. The van der Waals surface area contributed by atoms with E-state index in [0.29, 0.717) is 12.8 Å². The third-order valence-corrected chi connectivity index (χ3v) is 6.12. The lowest BCUT2D eigenvalue weighted by atomic mass is 10.1. The lowest BCUT2D eigenvalue weighted by Crippen LogP contribution is -2.35. The monoisotopic (exact) mass is 369 g/mol. The highest BCUT2D eigenvalue weighted by atomic mass is 32.2. The van der Waals surface area contributed by atoms with Crippen molar-refractivity contribution in [3.63, 3.8) is 0 Å². The number of ether oxygens (including phenoxy) is 1. The van der Waals surface area contributed by atoms with Gasteiger partial charge in [0.2, 0.25) is 10.0 Å². The van der Waals surface area contributed by atoms with Gasteiger partial charge in [-0.15, -0.1) is 0 Å². The zero-order chi connectivity index (χ0) is 17.9. The standard InChI is InChI=1S/C16H20FN3O4S/c1-23-11-15-18-16(19-24-15)13-8-3-2-6-10-20(13)25(21,22)14-9-5-4-7-12(14)17/h4-5,7,9,13H,2-3,6,8,10-11H2,1H3/t13-/m1/s1. The molecule has 136 valence electrons. The fourth-order valence-corrected chi connectivity index (χ4v) is 4.72. The number of hydrogen-bond acceptors (Lipinski definition) is 6. The first-order chi connectivity index (χ1) is 12.0. The van der Waals surface area contributed by atoms with E-state index in [1.807, 2.05) is 0 Å². The van der Waals surface area contributed by atoms with Crippen molar-refractivity contribution in [2.24, 2.45) is 0 Å². The molecule has 0 amide bonds. The molecular formula is C16H20FN3O4S. The largest absolute Gasteiger partial charge is 0.375 e. The quantitative estimate of drug-likeness (QED) is 0.805. The first-order valence-electron chi connectivity index (χ1n) is 8.12. The van der Waals surface area contributed by atoms with Crippen LogP contribution in [-0.2, 0) is 21.4 Å². The Morgan fingerprint density at radius 3 is 2.88 bits per heavy atom. The minimum atomic E-state index is -4.01. The van der Waals surface area contributed by atoms with Crippen LogP contribution < -0.4 is 0 Å². The Labute approximate surface area is 145 Å². The molecule has 1 aromatic carbocycles. The minimum Gasteiger partial charge on any atom is -0.375 e. The Kier molecular flexibility index (Phi) is 5.45. The maximum Gasteiger partial charge on any atom is 0.252 e. The van der Waals surface area contributed by atoms with Crippen LogP contribution in [0.1, 0.15) is 43.4 Å². The van der Waals surface area contributed by atoms with Crippen molar-refractivity contribution < 1.29 is 22.1 Å². The Hall–Kier alpha value is -1.84. The lowest BCUT2D eigenvalue weighted by molar-refractivity contribution is 0.151. The molecule has 2 heterocycles. The summed E-state index contributed by atoms with van der Waals surface area (Å²) in [5, 5.41) is 3.91. The molecule has 1 atom stereocenters. The van der Waals surface area contributed by atoms with Gasteiger partial charge in [-0.1, -0.05) is 30.1 Å². The molecule has 0 spiro atoms. The predicted molar refractivity (Wildman–Crippen MR) is 86.5 cm³/mol. The average molecular weight is 369 g/mol. The molecule has 3 rings (SSSR count). The van der Waals surface area contributed by atoms with E-state index in [4.69, 9.17) is 9.26 Å². The van der Waals surface area contributed by atoms with E-state index >= 15 is 0 Å². The Morgan fingerprint density at radius 2 is 2.12 bits per heavy atom. The number of hydrogen-bond donors (Lipinski definition) is 0. The van der Waals surface area contributed by atoms with Crippen molar-refractivity contribution in [2.45, 2.75) is 43.2 Å². The van der Waals surface area contributed by atoms with Gasteiger partial charge < -0.3 is 9.26 Å². The number of nitrogens with zero attached hydrogens (tertiary/aromatic N) is 3. The zero-order valence-electron chi connectivity index (χ0n) is 13.9. The van der Waals surface area contributed by atoms with Gasteiger partial charge in [0.1, 0.15) is 17.3 Å². The molecule has 7 nitrogen and oxygen atoms in total.